The first-order valence-electron chi connectivity index (χ1n) is 5.62. The van der Waals surface area contributed by atoms with Crippen molar-refractivity contribution in [3.05, 3.63) is 30.5 Å². The summed E-state index contributed by atoms with van der Waals surface area (Å²) in [5.41, 5.74) is 11.0. The summed E-state index contributed by atoms with van der Waals surface area (Å²) >= 11 is 0. The highest BCUT2D eigenvalue weighted by Gasteiger charge is 2.22. The third-order valence-corrected chi connectivity index (χ3v) is 2.91. The monoisotopic (exact) mass is 244 g/mol. The van der Waals surface area contributed by atoms with Crippen LogP contribution in [-0.2, 0) is 4.79 Å². The van der Waals surface area contributed by atoms with E-state index in [0.29, 0.717) is 13.0 Å². The molecule has 0 aliphatic carbocycles. The summed E-state index contributed by atoms with van der Waals surface area (Å²) in [4.78, 5) is 11.3. The third-order valence-electron chi connectivity index (χ3n) is 2.91. The molecule has 1 amide bonds. The van der Waals surface area contributed by atoms with Gasteiger partial charge in [-0.3, -0.25) is 15.2 Å². The zero-order valence-electron chi connectivity index (χ0n) is 9.59. The van der Waals surface area contributed by atoms with Crippen LogP contribution in [0, 0.1) is 0 Å². The molecule has 0 spiro atoms. The number of hydrazine groups is 1. The Bertz CT molecular complexity index is 593. The number of nitrogens with one attached hydrogen (secondary N) is 1. The highest BCUT2D eigenvalue weighted by molar-refractivity contribution is 5.87. The predicted octanol–water partition coefficient (Wildman–Crippen LogP) is 1.17. The summed E-state index contributed by atoms with van der Waals surface area (Å²) in [6, 6.07) is 7.66. The van der Waals surface area contributed by atoms with Gasteiger partial charge in [0, 0.05) is 18.5 Å². The van der Waals surface area contributed by atoms with E-state index in [9.17, 15) is 4.79 Å². The van der Waals surface area contributed by atoms with E-state index in [0.717, 1.165) is 16.8 Å². The normalized spacial score (nSPS) is 14.9. The number of rotatable bonds is 2. The largest absolute Gasteiger partial charge is 0.367 e. The SMILES string of the molecule is Nc1oncc1-c1ccccc1N1CCC(=O)N1. The van der Waals surface area contributed by atoms with Gasteiger partial charge in [0.15, 0.2) is 0 Å². The smallest absolute Gasteiger partial charge is 0.240 e. The number of nitrogens with two attached hydrogens (primary N) is 1. The molecule has 6 nitrogen and oxygen atoms in total. The van der Waals surface area contributed by atoms with Gasteiger partial charge in [-0.25, -0.2) is 0 Å². The molecular weight excluding hydrogens is 232 g/mol. The maximum absolute atomic E-state index is 11.3. The lowest BCUT2D eigenvalue weighted by atomic mass is 10.1. The van der Waals surface area contributed by atoms with E-state index < -0.39 is 0 Å². The molecule has 1 fully saturated rings. The van der Waals surface area contributed by atoms with E-state index in [1.165, 1.54) is 0 Å². The van der Waals surface area contributed by atoms with Crippen molar-refractivity contribution in [2.45, 2.75) is 6.42 Å². The Labute approximate surface area is 103 Å². The molecule has 1 aromatic carbocycles. The highest BCUT2D eigenvalue weighted by atomic mass is 16.5. The van der Waals surface area contributed by atoms with Gasteiger partial charge < -0.3 is 10.3 Å². The second-order valence-electron chi connectivity index (χ2n) is 4.06. The summed E-state index contributed by atoms with van der Waals surface area (Å²) in [6.45, 7) is 0.640. The predicted molar refractivity (Wildman–Crippen MR) is 66.5 cm³/mol. The molecule has 0 unspecified atom stereocenters. The lowest BCUT2D eigenvalue weighted by Crippen LogP contribution is -2.33. The summed E-state index contributed by atoms with van der Waals surface area (Å²) in [5.74, 6) is 0.288. The van der Waals surface area contributed by atoms with Crippen LogP contribution in [0.15, 0.2) is 35.0 Å². The molecule has 1 aliphatic rings. The maximum atomic E-state index is 11.3. The Hall–Kier alpha value is -2.50. The van der Waals surface area contributed by atoms with E-state index >= 15 is 0 Å². The Kier molecular flexibility index (Phi) is 2.40. The van der Waals surface area contributed by atoms with Crippen molar-refractivity contribution < 1.29 is 9.32 Å². The van der Waals surface area contributed by atoms with Crippen LogP contribution in [0.25, 0.3) is 11.1 Å². The fraction of sp³-hybridized carbons (Fsp3) is 0.167. The van der Waals surface area contributed by atoms with Gasteiger partial charge in [0.1, 0.15) is 0 Å². The number of anilines is 2. The molecule has 1 aliphatic heterocycles. The van der Waals surface area contributed by atoms with Gasteiger partial charge in [-0.05, 0) is 6.07 Å². The lowest BCUT2D eigenvalue weighted by molar-refractivity contribution is -0.119. The van der Waals surface area contributed by atoms with Crippen molar-refractivity contribution in [2.24, 2.45) is 0 Å². The number of benzene rings is 1. The van der Waals surface area contributed by atoms with Gasteiger partial charge in [-0.15, -0.1) is 0 Å². The van der Waals surface area contributed by atoms with Gasteiger partial charge in [0.25, 0.3) is 0 Å². The third kappa shape index (κ3) is 1.67. The maximum Gasteiger partial charge on any atom is 0.240 e. The molecule has 0 bridgehead atoms. The second-order valence-corrected chi connectivity index (χ2v) is 4.06. The number of nitrogens with zero attached hydrogens (tertiary/aromatic N) is 2. The average molecular weight is 244 g/mol. The molecule has 0 atom stereocenters. The molecule has 0 saturated carbocycles. The molecule has 6 heteroatoms. The van der Waals surface area contributed by atoms with Crippen LogP contribution in [0.3, 0.4) is 0 Å². The van der Waals surface area contributed by atoms with E-state index in [2.05, 4.69) is 10.6 Å². The molecule has 92 valence electrons. The molecule has 18 heavy (non-hydrogen) atoms. The summed E-state index contributed by atoms with van der Waals surface area (Å²) in [5, 5.41) is 5.48. The first-order chi connectivity index (χ1) is 8.75. The zero-order chi connectivity index (χ0) is 12.5. The topological polar surface area (TPSA) is 84.4 Å². The quantitative estimate of drug-likeness (QED) is 0.828. The fourth-order valence-electron chi connectivity index (χ4n) is 2.04. The second kappa shape index (κ2) is 4.06. The van der Waals surface area contributed by atoms with Crippen LogP contribution < -0.4 is 16.2 Å². The molecule has 2 heterocycles. The zero-order valence-corrected chi connectivity index (χ0v) is 9.59. The summed E-state index contributed by atoms with van der Waals surface area (Å²) in [6.07, 6.45) is 2.07. The standard InChI is InChI=1S/C12H12N4O2/c13-12-9(7-14-18-12)8-3-1-2-4-10(8)16-6-5-11(17)15-16/h1-4,7H,5-6,13H2,(H,15,17). The molecule has 1 aromatic heterocycles. The molecule has 0 radical (unpaired) electrons. The average Bonchev–Trinajstić information content (AvgIpc) is 2.98. The van der Waals surface area contributed by atoms with Crippen molar-refractivity contribution in [3.8, 4) is 11.1 Å². The van der Waals surface area contributed by atoms with Gasteiger partial charge in [0.2, 0.25) is 11.8 Å². The lowest BCUT2D eigenvalue weighted by Gasteiger charge is -2.20. The number of carbonyl (C=O) groups is 1. The van der Waals surface area contributed by atoms with Gasteiger partial charge >= 0.3 is 0 Å². The van der Waals surface area contributed by atoms with Crippen molar-refractivity contribution in [1.29, 1.82) is 0 Å². The first kappa shape index (κ1) is 10.6. The van der Waals surface area contributed by atoms with E-state index in [4.69, 9.17) is 10.3 Å². The first-order valence-corrected chi connectivity index (χ1v) is 5.62. The van der Waals surface area contributed by atoms with E-state index in [-0.39, 0.29) is 11.8 Å². The Morgan fingerprint density at radius 2 is 2.17 bits per heavy atom. The van der Waals surface area contributed by atoms with Crippen LogP contribution in [0.2, 0.25) is 0 Å². The Morgan fingerprint density at radius 3 is 2.83 bits per heavy atom. The van der Waals surface area contributed by atoms with Gasteiger partial charge in [-0.1, -0.05) is 23.4 Å². The van der Waals surface area contributed by atoms with Crippen molar-refractivity contribution in [1.82, 2.24) is 10.6 Å². The van der Waals surface area contributed by atoms with Gasteiger partial charge in [-0.2, -0.15) is 0 Å². The Balaban J connectivity index is 2.05. The fourth-order valence-corrected chi connectivity index (χ4v) is 2.04. The highest BCUT2D eigenvalue weighted by Crippen LogP contribution is 2.34. The molecule has 1 saturated heterocycles. The van der Waals surface area contributed by atoms with Crippen molar-refractivity contribution in [3.63, 3.8) is 0 Å². The Morgan fingerprint density at radius 1 is 1.33 bits per heavy atom. The number of hydrogen-bond donors (Lipinski definition) is 2. The summed E-state index contributed by atoms with van der Waals surface area (Å²) < 4.78 is 4.88. The van der Waals surface area contributed by atoms with Crippen molar-refractivity contribution >= 4 is 17.5 Å². The van der Waals surface area contributed by atoms with E-state index in [1.807, 2.05) is 29.3 Å². The minimum Gasteiger partial charge on any atom is -0.367 e. The molecule has 3 rings (SSSR count). The van der Waals surface area contributed by atoms with Crippen LogP contribution >= 0.6 is 0 Å². The molecular formula is C12H12N4O2. The minimum absolute atomic E-state index is 0.0168. The number of aromatic nitrogens is 1. The van der Waals surface area contributed by atoms with Gasteiger partial charge in [0.05, 0.1) is 17.4 Å². The van der Waals surface area contributed by atoms with Crippen molar-refractivity contribution in [2.75, 3.05) is 17.3 Å². The minimum atomic E-state index is 0.0168. The number of carbonyl (C=O) groups excluding carboxylic acids is 1. The van der Waals surface area contributed by atoms with E-state index in [1.54, 1.807) is 6.20 Å². The molecule has 3 N–H and O–H groups in total. The number of hydrogen-bond acceptors (Lipinski definition) is 5. The number of para-hydroxylation sites is 1. The molecule has 2 aromatic rings. The van der Waals surface area contributed by atoms with Crippen LogP contribution in [0.5, 0.6) is 0 Å². The van der Waals surface area contributed by atoms with Crippen LogP contribution in [0.1, 0.15) is 6.42 Å². The van der Waals surface area contributed by atoms with Crippen LogP contribution in [-0.4, -0.2) is 17.6 Å². The number of nitrogen functional groups attached to an aromatic ring is 1. The summed E-state index contributed by atoms with van der Waals surface area (Å²) in [7, 11) is 0. The van der Waals surface area contributed by atoms with Crippen LogP contribution in [0.4, 0.5) is 11.6 Å². The number of amides is 1.